The van der Waals surface area contributed by atoms with E-state index in [0.29, 0.717) is 12.1 Å². The first kappa shape index (κ1) is 10.5. The van der Waals surface area contributed by atoms with E-state index in [0.717, 1.165) is 32.2 Å². The third-order valence-electron chi connectivity index (χ3n) is 4.38. The number of nitrogens with zero attached hydrogens (tertiary/aromatic N) is 1. The Balaban J connectivity index is 1.75. The van der Waals surface area contributed by atoms with Crippen LogP contribution in [0, 0.1) is 0 Å². The van der Waals surface area contributed by atoms with Crippen LogP contribution in [0.25, 0.3) is 0 Å². The lowest BCUT2D eigenvalue weighted by Crippen LogP contribution is -2.60. The number of piperidine rings is 1. The molecular weight excluding hydrogens is 204 g/mol. The van der Waals surface area contributed by atoms with Crippen LogP contribution in [0.3, 0.4) is 0 Å². The average molecular weight is 224 g/mol. The predicted molar refractivity (Wildman–Crippen MR) is 60.4 cm³/mol. The largest absolute Gasteiger partial charge is 0.480 e. The molecule has 1 saturated carbocycles. The third-order valence-corrected chi connectivity index (χ3v) is 4.38. The molecule has 4 nitrogen and oxygen atoms in total. The van der Waals surface area contributed by atoms with Crippen LogP contribution in [0.2, 0.25) is 0 Å². The van der Waals surface area contributed by atoms with Crippen LogP contribution in [0.5, 0.6) is 0 Å². The number of rotatable bonds is 3. The molecule has 0 aromatic carbocycles. The zero-order valence-electron chi connectivity index (χ0n) is 9.61. The van der Waals surface area contributed by atoms with Gasteiger partial charge in [0.15, 0.2) is 0 Å². The fourth-order valence-electron chi connectivity index (χ4n) is 3.26. The SMILES string of the molecule is O=C(O)C1(NC2CC2)CCN2CCCC2C1. The maximum atomic E-state index is 11.5. The molecule has 0 radical (unpaired) electrons. The van der Waals surface area contributed by atoms with E-state index in [4.69, 9.17) is 0 Å². The van der Waals surface area contributed by atoms with Crippen LogP contribution in [-0.2, 0) is 4.79 Å². The summed E-state index contributed by atoms with van der Waals surface area (Å²) in [6.07, 6.45) is 6.31. The first-order valence-electron chi connectivity index (χ1n) is 6.45. The Morgan fingerprint density at radius 1 is 1.31 bits per heavy atom. The van der Waals surface area contributed by atoms with E-state index >= 15 is 0 Å². The second kappa shape index (κ2) is 3.70. The first-order chi connectivity index (χ1) is 7.70. The molecule has 2 heterocycles. The van der Waals surface area contributed by atoms with Gasteiger partial charge in [-0.3, -0.25) is 10.1 Å². The maximum Gasteiger partial charge on any atom is 0.324 e. The van der Waals surface area contributed by atoms with E-state index in [1.165, 1.54) is 19.4 Å². The number of carbonyl (C=O) groups is 1. The van der Waals surface area contributed by atoms with E-state index in [1.807, 2.05) is 0 Å². The number of carboxylic acids is 1. The minimum Gasteiger partial charge on any atom is -0.480 e. The van der Waals surface area contributed by atoms with Gasteiger partial charge in [0, 0.05) is 18.6 Å². The van der Waals surface area contributed by atoms with Crippen LogP contribution in [0.1, 0.15) is 38.5 Å². The highest BCUT2D eigenvalue weighted by Crippen LogP contribution is 2.35. The molecule has 2 N–H and O–H groups in total. The number of nitrogens with one attached hydrogen (secondary N) is 1. The van der Waals surface area contributed by atoms with E-state index < -0.39 is 11.5 Å². The normalized spacial score (nSPS) is 39.6. The fourth-order valence-corrected chi connectivity index (χ4v) is 3.26. The Labute approximate surface area is 96.0 Å². The highest BCUT2D eigenvalue weighted by Gasteiger charge is 2.48. The van der Waals surface area contributed by atoms with Gasteiger partial charge < -0.3 is 10.0 Å². The molecule has 0 bridgehead atoms. The number of aliphatic carboxylic acids is 1. The van der Waals surface area contributed by atoms with E-state index in [-0.39, 0.29) is 0 Å². The van der Waals surface area contributed by atoms with Crippen molar-refractivity contribution in [2.24, 2.45) is 0 Å². The number of hydrogen-bond acceptors (Lipinski definition) is 3. The van der Waals surface area contributed by atoms with Crippen LogP contribution < -0.4 is 5.32 Å². The standard InChI is InChI=1S/C12H20N2O2/c15-11(16)12(13-9-3-4-9)5-7-14-6-1-2-10(14)8-12/h9-10,13H,1-8H2,(H,15,16). The summed E-state index contributed by atoms with van der Waals surface area (Å²) in [7, 11) is 0. The quantitative estimate of drug-likeness (QED) is 0.745. The van der Waals surface area contributed by atoms with Gasteiger partial charge in [0.25, 0.3) is 0 Å². The molecule has 0 aromatic heterocycles. The van der Waals surface area contributed by atoms with Gasteiger partial charge in [0.1, 0.15) is 5.54 Å². The summed E-state index contributed by atoms with van der Waals surface area (Å²) < 4.78 is 0. The third kappa shape index (κ3) is 1.74. The summed E-state index contributed by atoms with van der Waals surface area (Å²) in [6.45, 7) is 2.13. The molecule has 16 heavy (non-hydrogen) atoms. The topological polar surface area (TPSA) is 52.6 Å². The lowest BCUT2D eigenvalue weighted by atomic mass is 9.83. The molecule has 4 heteroatoms. The molecule has 1 aliphatic carbocycles. The van der Waals surface area contributed by atoms with Crippen molar-refractivity contribution < 1.29 is 9.90 Å². The van der Waals surface area contributed by atoms with Crippen molar-refractivity contribution in [2.75, 3.05) is 13.1 Å². The monoisotopic (exact) mass is 224 g/mol. The van der Waals surface area contributed by atoms with Gasteiger partial charge in [-0.25, -0.2) is 0 Å². The van der Waals surface area contributed by atoms with Gasteiger partial charge in [-0.05, 0) is 45.1 Å². The van der Waals surface area contributed by atoms with Crippen molar-refractivity contribution in [3.63, 3.8) is 0 Å². The van der Waals surface area contributed by atoms with Gasteiger partial charge in [-0.2, -0.15) is 0 Å². The Morgan fingerprint density at radius 3 is 2.81 bits per heavy atom. The van der Waals surface area contributed by atoms with Crippen molar-refractivity contribution in [2.45, 2.75) is 56.1 Å². The molecule has 0 amide bonds. The number of carboxylic acid groups (broad SMARTS) is 1. The summed E-state index contributed by atoms with van der Waals surface area (Å²) in [6, 6.07) is 0.986. The van der Waals surface area contributed by atoms with Crippen molar-refractivity contribution in [1.82, 2.24) is 10.2 Å². The van der Waals surface area contributed by atoms with Crippen LogP contribution >= 0.6 is 0 Å². The molecule has 3 fully saturated rings. The minimum atomic E-state index is -0.633. The number of hydrogen-bond donors (Lipinski definition) is 2. The highest BCUT2D eigenvalue weighted by molar-refractivity contribution is 5.79. The summed E-state index contributed by atoms with van der Waals surface area (Å²) in [4.78, 5) is 14.0. The maximum absolute atomic E-state index is 11.5. The fraction of sp³-hybridized carbons (Fsp3) is 0.917. The molecule has 2 atom stereocenters. The Bertz CT molecular complexity index is 303. The second-order valence-electron chi connectivity index (χ2n) is 5.59. The highest BCUT2D eigenvalue weighted by atomic mass is 16.4. The zero-order chi connectivity index (χ0) is 11.2. The average Bonchev–Trinajstić information content (AvgIpc) is 2.94. The summed E-state index contributed by atoms with van der Waals surface area (Å²) in [5.41, 5.74) is -0.618. The molecule has 3 rings (SSSR count). The minimum absolute atomic E-state index is 0.476. The Hall–Kier alpha value is -0.610. The zero-order valence-corrected chi connectivity index (χ0v) is 9.61. The predicted octanol–water partition coefficient (Wildman–Crippen LogP) is 0.820. The van der Waals surface area contributed by atoms with E-state index in [2.05, 4.69) is 10.2 Å². The van der Waals surface area contributed by atoms with Gasteiger partial charge in [0.2, 0.25) is 0 Å². The van der Waals surface area contributed by atoms with Crippen LogP contribution in [0.4, 0.5) is 0 Å². The van der Waals surface area contributed by atoms with Crippen molar-refractivity contribution in [1.29, 1.82) is 0 Å². The van der Waals surface area contributed by atoms with Crippen molar-refractivity contribution in [3.05, 3.63) is 0 Å². The molecule has 2 unspecified atom stereocenters. The summed E-state index contributed by atoms with van der Waals surface area (Å²) in [5.74, 6) is -0.633. The van der Waals surface area contributed by atoms with Crippen molar-refractivity contribution in [3.8, 4) is 0 Å². The summed E-state index contributed by atoms with van der Waals surface area (Å²) >= 11 is 0. The van der Waals surface area contributed by atoms with Gasteiger partial charge in [-0.1, -0.05) is 0 Å². The Morgan fingerprint density at radius 2 is 2.12 bits per heavy atom. The summed E-state index contributed by atoms with van der Waals surface area (Å²) in [5, 5.41) is 12.9. The van der Waals surface area contributed by atoms with Gasteiger partial charge in [0.05, 0.1) is 0 Å². The molecule has 2 saturated heterocycles. The molecule has 0 spiro atoms. The van der Waals surface area contributed by atoms with Gasteiger partial charge >= 0.3 is 5.97 Å². The molecular formula is C12H20N2O2. The molecule has 2 aliphatic heterocycles. The number of fused-ring (bicyclic) bond motifs is 1. The lowest BCUT2D eigenvalue weighted by Gasteiger charge is -2.42. The molecule has 0 aromatic rings. The van der Waals surface area contributed by atoms with E-state index in [1.54, 1.807) is 0 Å². The smallest absolute Gasteiger partial charge is 0.324 e. The lowest BCUT2D eigenvalue weighted by molar-refractivity contribution is -0.148. The second-order valence-corrected chi connectivity index (χ2v) is 5.59. The van der Waals surface area contributed by atoms with Crippen LogP contribution in [-0.4, -0.2) is 46.7 Å². The Kier molecular flexibility index (Phi) is 2.44. The molecule has 90 valence electrons. The van der Waals surface area contributed by atoms with E-state index in [9.17, 15) is 9.90 Å². The first-order valence-corrected chi connectivity index (χ1v) is 6.45. The van der Waals surface area contributed by atoms with Crippen LogP contribution in [0.15, 0.2) is 0 Å². The van der Waals surface area contributed by atoms with Crippen molar-refractivity contribution >= 4 is 5.97 Å². The molecule has 3 aliphatic rings. The van der Waals surface area contributed by atoms with Gasteiger partial charge in [-0.15, -0.1) is 0 Å².